The molecule has 98 valence electrons. The molecule has 0 aromatic rings. The summed E-state index contributed by atoms with van der Waals surface area (Å²) >= 11 is 5.56. The predicted molar refractivity (Wildman–Crippen MR) is 70.3 cm³/mol. The quantitative estimate of drug-likeness (QED) is 0.784. The Hall–Kier alpha value is -0.280. The molecule has 17 heavy (non-hydrogen) atoms. The molecule has 1 atom stereocenters. The lowest BCUT2D eigenvalue weighted by Gasteiger charge is -2.31. The maximum absolute atomic E-state index is 11.5. The molecule has 1 unspecified atom stereocenters. The molecule has 1 amide bonds. The van der Waals surface area contributed by atoms with Crippen LogP contribution in [0.4, 0.5) is 0 Å². The molecular formula is C13H23ClN2O. The second-order valence-corrected chi connectivity index (χ2v) is 5.66. The first kappa shape index (κ1) is 13.2. The number of rotatable bonds is 4. The second-order valence-electron chi connectivity index (χ2n) is 5.28. The molecular weight excluding hydrogens is 236 g/mol. The third-order valence-electron chi connectivity index (χ3n) is 4.00. The summed E-state index contributed by atoms with van der Waals surface area (Å²) in [6.45, 7) is 2.19. The summed E-state index contributed by atoms with van der Waals surface area (Å²) in [5, 5.41) is 3.08. The number of likely N-dealkylation sites (tertiary alicyclic amines) is 1. The van der Waals surface area contributed by atoms with E-state index in [1.807, 2.05) is 0 Å². The fourth-order valence-electron chi connectivity index (χ4n) is 3.07. The summed E-state index contributed by atoms with van der Waals surface area (Å²) in [5.41, 5.74) is 0. The molecule has 1 aliphatic carbocycles. The van der Waals surface area contributed by atoms with E-state index in [2.05, 4.69) is 10.2 Å². The van der Waals surface area contributed by atoms with E-state index in [1.54, 1.807) is 0 Å². The summed E-state index contributed by atoms with van der Waals surface area (Å²) in [4.78, 5) is 14.0. The lowest BCUT2D eigenvalue weighted by atomic mass is 9.94. The zero-order chi connectivity index (χ0) is 12.1. The summed E-state index contributed by atoms with van der Waals surface area (Å²) in [5.74, 6) is 0.528. The van der Waals surface area contributed by atoms with Crippen LogP contribution in [-0.2, 0) is 4.79 Å². The van der Waals surface area contributed by atoms with Crippen molar-refractivity contribution in [2.75, 3.05) is 19.0 Å². The van der Waals surface area contributed by atoms with Crippen molar-refractivity contribution in [1.29, 1.82) is 0 Å². The highest BCUT2D eigenvalue weighted by atomic mass is 35.5. The van der Waals surface area contributed by atoms with Crippen LogP contribution in [0.25, 0.3) is 0 Å². The van der Waals surface area contributed by atoms with Gasteiger partial charge in [-0.2, -0.15) is 0 Å². The standard InChI is InChI=1S/C13H23ClN2O/c14-8-6-13(17)15-11-7-9-16(10-11)12-4-2-1-3-5-12/h11-12H,1-10H2,(H,15,17). The smallest absolute Gasteiger partial charge is 0.221 e. The monoisotopic (exact) mass is 258 g/mol. The van der Waals surface area contributed by atoms with E-state index < -0.39 is 0 Å². The molecule has 3 nitrogen and oxygen atoms in total. The second kappa shape index (κ2) is 6.60. The molecule has 1 saturated carbocycles. The summed E-state index contributed by atoms with van der Waals surface area (Å²) in [6, 6.07) is 1.13. The van der Waals surface area contributed by atoms with E-state index in [0.29, 0.717) is 18.3 Å². The van der Waals surface area contributed by atoms with Crippen LogP contribution in [0.5, 0.6) is 0 Å². The molecule has 0 spiro atoms. The summed E-state index contributed by atoms with van der Waals surface area (Å²) in [7, 11) is 0. The number of hydrogen-bond donors (Lipinski definition) is 1. The van der Waals surface area contributed by atoms with Gasteiger partial charge in [0.1, 0.15) is 0 Å². The predicted octanol–water partition coefficient (Wildman–Crippen LogP) is 2.14. The fourth-order valence-corrected chi connectivity index (χ4v) is 3.24. The molecule has 1 N–H and O–H groups in total. The Morgan fingerprint density at radius 3 is 2.71 bits per heavy atom. The number of halogens is 1. The normalized spacial score (nSPS) is 27.2. The van der Waals surface area contributed by atoms with Gasteiger partial charge in [0.2, 0.25) is 5.91 Å². The third-order valence-corrected chi connectivity index (χ3v) is 4.19. The Balaban J connectivity index is 1.73. The molecule has 2 fully saturated rings. The maximum Gasteiger partial charge on any atom is 0.221 e. The van der Waals surface area contributed by atoms with Gasteiger partial charge in [-0.15, -0.1) is 11.6 Å². The molecule has 1 aliphatic heterocycles. The minimum Gasteiger partial charge on any atom is -0.352 e. The highest BCUT2D eigenvalue weighted by Crippen LogP contribution is 2.25. The molecule has 1 saturated heterocycles. The average Bonchev–Trinajstić information content (AvgIpc) is 2.79. The molecule has 0 aromatic carbocycles. The van der Waals surface area contributed by atoms with Crippen LogP contribution in [0.1, 0.15) is 44.9 Å². The van der Waals surface area contributed by atoms with Crippen LogP contribution in [0.2, 0.25) is 0 Å². The van der Waals surface area contributed by atoms with Crippen LogP contribution in [0.3, 0.4) is 0 Å². The Morgan fingerprint density at radius 2 is 2.00 bits per heavy atom. The molecule has 1 heterocycles. The van der Waals surface area contributed by atoms with Crippen molar-refractivity contribution in [1.82, 2.24) is 10.2 Å². The average molecular weight is 259 g/mol. The van der Waals surface area contributed by atoms with Gasteiger partial charge in [0.25, 0.3) is 0 Å². The van der Waals surface area contributed by atoms with Crippen molar-refractivity contribution < 1.29 is 4.79 Å². The molecule has 4 heteroatoms. The zero-order valence-electron chi connectivity index (χ0n) is 10.5. The van der Waals surface area contributed by atoms with Crippen molar-refractivity contribution in [3.05, 3.63) is 0 Å². The highest BCUT2D eigenvalue weighted by molar-refractivity contribution is 6.18. The number of carbonyl (C=O) groups is 1. The molecule has 2 aliphatic rings. The van der Waals surface area contributed by atoms with Gasteiger partial charge in [-0.05, 0) is 19.3 Å². The van der Waals surface area contributed by atoms with Crippen molar-refractivity contribution in [3.63, 3.8) is 0 Å². The van der Waals surface area contributed by atoms with Gasteiger partial charge < -0.3 is 5.32 Å². The number of nitrogens with one attached hydrogen (secondary N) is 1. The minimum atomic E-state index is 0.107. The fraction of sp³-hybridized carbons (Fsp3) is 0.923. The SMILES string of the molecule is O=C(CCCl)NC1CCN(C2CCCCC2)C1. The van der Waals surface area contributed by atoms with Crippen molar-refractivity contribution >= 4 is 17.5 Å². The van der Waals surface area contributed by atoms with Gasteiger partial charge in [-0.3, -0.25) is 9.69 Å². The van der Waals surface area contributed by atoms with Crippen molar-refractivity contribution in [2.45, 2.75) is 57.0 Å². The number of amides is 1. The molecule has 2 rings (SSSR count). The van der Waals surface area contributed by atoms with Crippen LogP contribution >= 0.6 is 11.6 Å². The molecule has 0 radical (unpaired) electrons. The maximum atomic E-state index is 11.5. The Labute approximate surface area is 109 Å². The third kappa shape index (κ3) is 3.85. The van der Waals surface area contributed by atoms with Gasteiger partial charge >= 0.3 is 0 Å². The highest BCUT2D eigenvalue weighted by Gasteiger charge is 2.29. The summed E-state index contributed by atoms with van der Waals surface area (Å²) < 4.78 is 0. The van der Waals surface area contributed by atoms with E-state index in [4.69, 9.17) is 11.6 Å². The zero-order valence-corrected chi connectivity index (χ0v) is 11.2. The van der Waals surface area contributed by atoms with E-state index in [-0.39, 0.29) is 5.91 Å². The first-order valence-corrected chi connectivity index (χ1v) is 7.42. The van der Waals surface area contributed by atoms with E-state index >= 15 is 0 Å². The van der Waals surface area contributed by atoms with Gasteiger partial charge in [0.05, 0.1) is 0 Å². The molecule has 0 aromatic heterocycles. The number of hydrogen-bond acceptors (Lipinski definition) is 2. The first-order valence-electron chi connectivity index (χ1n) is 6.89. The van der Waals surface area contributed by atoms with Gasteiger partial charge in [-0.1, -0.05) is 19.3 Å². The van der Waals surface area contributed by atoms with E-state index in [1.165, 1.54) is 32.1 Å². The topological polar surface area (TPSA) is 32.3 Å². The summed E-state index contributed by atoms with van der Waals surface area (Å²) in [6.07, 6.45) is 8.41. The Bertz CT molecular complexity index is 254. The van der Waals surface area contributed by atoms with Crippen molar-refractivity contribution in [3.8, 4) is 0 Å². The van der Waals surface area contributed by atoms with Gasteiger partial charge in [-0.25, -0.2) is 0 Å². The minimum absolute atomic E-state index is 0.107. The lowest BCUT2D eigenvalue weighted by molar-refractivity contribution is -0.121. The number of carbonyl (C=O) groups excluding carboxylic acids is 1. The lowest BCUT2D eigenvalue weighted by Crippen LogP contribution is -2.40. The Morgan fingerprint density at radius 1 is 1.24 bits per heavy atom. The van der Waals surface area contributed by atoms with Gasteiger partial charge in [0, 0.05) is 37.5 Å². The van der Waals surface area contributed by atoms with Crippen LogP contribution in [0, 0.1) is 0 Å². The number of nitrogens with zero attached hydrogens (tertiary/aromatic N) is 1. The number of alkyl halides is 1. The van der Waals surface area contributed by atoms with Crippen LogP contribution in [0.15, 0.2) is 0 Å². The van der Waals surface area contributed by atoms with E-state index in [9.17, 15) is 4.79 Å². The Kier molecular flexibility index (Phi) is 5.11. The van der Waals surface area contributed by atoms with Crippen molar-refractivity contribution in [2.24, 2.45) is 0 Å². The van der Waals surface area contributed by atoms with Crippen LogP contribution < -0.4 is 5.32 Å². The first-order chi connectivity index (χ1) is 8.29. The van der Waals surface area contributed by atoms with Gasteiger partial charge in [0.15, 0.2) is 0 Å². The largest absolute Gasteiger partial charge is 0.352 e. The van der Waals surface area contributed by atoms with E-state index in [0.717, 1.165) is 25.6 Å². The molecule has 0 bridgehead atoms. The van der Waals surface area contributed by atoms with Crippen LogP contribution in [-0.4, -0.2) is 41.9 Å².